The Balaban J connectivity index is 3.08. The van der Waals surface area contributed by atoms with E-state index in [-0.39, 0.29) is 5.71 Å². The quantitative estimate of drug-likeness (QED) is 0.459. The molecule has 104 valence electrons. The van der Waals surface area contributed by atoms with Crippen LogP contribution >= 0.6 is 0 Å². The maximum Gasteiger partial charge on any atom is 0.361 e. The van der Waals surface area contributed by atoms with Crippen LogP contribution in [-0.4, -0.2) is 39.0 Å². The molecule has 0 aliphatic heterocycles. The Hall–Kier alpha value is -1.88. The van der Waals surface area contributed by atoms with Gasteiger partial charge < -0.3 is 14.9 Å². The minimum atomic E-state index is -0.471. The molecule has 1 aromatic rings. The number of hydrogen-bond acceptors (Lipinski definition) is 5. The smallest absolute Gasteiger partial charge is 0.361 e. The summed E-state index contributed by atoms with van der Waals surface area (Å²) < 4.78 is 5.01. The average Bonchev–Trinajstić information content (AvgIpc) is 2.43. The predicted molar refractivity (Wildman–Crippen MR) is 74.3 cm³/mol. The fraction of sp³-hybridized carbons (Fsp3) is 0.429. The first-order valence-electron chi connectivity index (χ1n) is 6.25. The van der Waals surface area contributed by atoms with E-state index in [1.54, 1.807) is 6.92 Å². The van der Waals surface area contributed by atoms with Gasteiger partial charge in [0.2, 0.25) is 0 Å². The normalized spacial score (nSPS) is 11.2. The van der Waals surface area contributed by atoms with E-state index in [1.807, 2.05) is 31.3 Å². The second kappa shape index (κ2) is 8.26. The molecule has 0 unspecified atom stereocenters. The summed E-state index contributed by atoms with van der Waals surface area (Å²) in [7, 11) is 3.30. The fourth-order valence-electron chi connectivity index (χ4n) is 1.72. The summed E-state index contributed by atoms with van der Waals surface area (Å²) in [5, 5.41) is 6.88. The lowest BCUT2D eigenvalue weighted by Crippen LogP contribution is -2.21. The highest BCUT2D eigenvalue weighted by Gasteiger charge is 2.19. The summed E-state index contributed by atoms with van der Waals surface area (Å²) in [6, 6.07) is 7.61. The van der Waals surface area contributed by atoms with Crippen molar-refractivity contribution in [2.24, 2.45) is 5.16 Å². The van der Waals surface area contributed by atoms with Gasteiger partial charge in [0.05, 0.1) is 6.61 Å². The molecule has 0 bridgehead atoms. The van der Waals surface area contributed by atoms with Crippen LogP contribution in [0.15, 0.2) is 29.4 Å². The molecule has 1 rings (SSSR count). The van der Waals surface area contributed by atoms with Crippen molar-refractivity contribution in [2.45, 2.75) is 13.3 Å². The molecule has 0 aromatic heterocycles. The van der Waals surface area contributed by atoms with Gasteiger partial charge in [0, 0.05) is 5.56 Å². The van der Waals surface area contributed by atoms with E-state index in [9.17, 15) is 4.79 Å². The number of nitrogens with one attached hydrogen (secondary N) is 1. The van der Waals surface area contributed by atoms with Crippen LogP contribution in [0.1, 0.15) is 18.1 Å². The third-order valence-electron chi connectivity index (χ3n) is 2.57. The molecule has 0 spiro atoms. The van der Waals surface area contributed by atoms with Gasteiger partial charge in [-0.05, 0) is 32.5 Å². The van der Waals surface area contributed by atoms with Crippen molar-refractivity contribution in [1.82, 2.24) is 5.32 Å². The van der Waals surface area contributed by atoms with E-state index in [2.05, 4.69) is 10.5 Å². The number of carbonyl (C=O) groups is 1. The second-order valence-corrected chi connectivity index (χ2v) is 3.85. The Morgan fingerprint density at radius 3 is 2.74 bits per heavy atom. The highest BCUT2D eigenvalue weighted by Crippen LogP contribution is 2.12. The summed E-state index contributed by atoms with van der Waals surface area (Å²) in [4.78, 5) is 16.7. The van der Waals surface area contributed by atoms with Crippen molar-refractivity contribution in [3.05, 3.63) is 35.4 Å². The van der Waals surface area contributed by atoms with Crippen LogP contribution in [0, 0.1) is 0 Å². The summed E-state index contributed by atoms with van der Waals surface area (Å²) >= 11 is 0. The minimum Gasteiger partial charge on any atom is -0.461 e. The lowest BCUT2D eigenvalue weighted by Gasteiger charge is -2.10. The van der Waals surface area contributed by atoms with Crippen molar-refractivity contribution in [1.29, 1.82) is 0 Å². The van der Waals surface area contributed by atoms with Gasteiger partial charge in [-0.3, -0.25) is 0 Å². The summed E-state index contributed by atoms with van der Waals surface area (Å²) in [5.74, 6) is -0.471. The number of hydrogen-bond donors (Lipinski definition) is 1. The maximum atomic E-state index is 11.9. The number of rotatable bonds is 7. The monoisotopic (exact) mass is 264 g/mol. The van der Waals surface area contributed by atoms with Crippen molar-refractivity contribution in [3.63, 3.8) is 0 Å². The van der Waals surface area contributed by atoms with E-state index < -0.39 is 5.97 Å². The summed E-state index contributed by atoms with van der Waals surface area (Å²) in [5.41, 5.74) is 1.98. The Morgan fingerprint density at radius 2 is 2.11 bits per heavy atom. The van der Waals surface area contributed by atoms with Crippen LogP contribution in [0.5, 0.6) is 0 Å². The molecule has 0 fully saturated rings. The highest BCUT2D eigenvalue weighted by atomic mass is 16.6. The zero-order chi connectivity index (χ0) is 14.1. The van der Waals surface area contributed by atoms with Gasteiger partial charge >= 0.3 is 5.97 Å². The van der Waals surface area contributed by atoms with Crippen LogP contribution in [0.25, 0.3) is 0 Å². The fourth-order valence-corrected chi connectivity index (χ4v) is 1.72. The first-order valence-corrected chi connectivity index (χ1v) is 6.25. The van der Waals surface area contributed by atoms with Gasteiger partial charge in [0.25, 0.3) is 0 Å². The number of ether oxygens (including phenoxy) is 1. The molecule has 0 aliphatic rings. The summed E-state index contributed by atoms with van der Waals surface area (Å²) in [6.45, 7) is 2.88. The number of carbonyl (C=O) groups excluding carboxylic acids is 1. The zero-order valence-electron chi connectivity index (χ0n) is 11.6. The van der Waals surface area contributed by atoms with Crippen LogP contribution in [0.4, 0.5) is 0 Å². The molecule has 0 aliphatic carbocycles. The Bertz CT molecular complexity index is 444. The average molecular weight is 264 g/mol. The van der Waals surface area contributed by atoms with E-state index in [1.165, 1.54) is 7.11 Å². The van der Waals surface area contributed by atoms with Gasteiger partial charge in [0.15, 0.2) is 5.71 Å². The largest absolute Gasteiger partial charge is 0.461 e. The Labute approximate surface area is 113 Å². The standard InChI is InChI=1S/C14H20N2O3/c1-4-19-14(17)13(16-18-3)12-8-6-5-7-11(12)9-10-15-2/h5-8,15H,4,9-10H2,1-3H3. The van der Waals surface area contributed by atoms with Crippen molar-refractivity contribution < 1.29 is 14.4 Å². The number of oxime groups is 1. The van der Waals surface area contributed by atoms with Crippen LogP contribution < -0.4 is 5.32 Å². The van der Waals surface area contributed by atoms with E-state index in [0.717, 1.165) is 24.1 Å². The van der Waals surface area contributed by atoms with Crippen molar-refractivity contribution >= 4 is 11.7 Å². The minimum absolute atomic E-state index is 0.205. The molecule has 5 nitrogen and oxygen atoms in total. The molecule has 0 saturated carbocycles. The molecule has 0 amide bonds. The van der Waals surface area contributed by atoms with E-state index in [0.29, 0.717) is 6.61 Å². The van der Waals surface area contributed by atoms with Gasteiger partial charge in [-0.1, -0.05) is 29.4 Å². The zero-order valence-corrected chi connectivity index (χ0v) is 11.6. The number of benzene rings is 1. The predicted octanol–water partition coefficient (Wildman–Crippen LogP) is 1.36. The van der Waals surface area contributed by atoms with Gasteiger partial charge in [0.1, 0.15) is 7.11 Å². The summed E-state index contributed by atoms with van der Waals surface area (Å²) in [6.07, 6.45) is 0.800. The molecular weight excluding hydrogens is 244 g/mol. The van der Waals surface area contributed by atoms with Crippen LogP contribution in [-0.2, 0) is 20.8 Å². The molecular formula is C14H20N2O3. The second-order valence-electron chi connectivity index (χ2n) is 3.85. The van der Waals surface area contributed by atoms with Crippen molar-refractivity contribution in [2.75, 3.05) is 27.3 Å². The topological polar surface area (TPSA) is 59.9 Å². The molecule has 19 heavy (non-hydrogen) atoms. The van der Waals surface area contributed by atoms with E-state index >= 15 is 0 Å². The van der Waals surface area contributed by atoms with Crippen molar-refractivity contribution in [3.8, 4) is 0 Å². The van der Waals surface area contributed by atoms with Gasteiger partial charge in [-0.25, -0.2) is 4.79 Å². The molecule has 0 radical (unpaired) electrons. The lowest BCUT2D eigenvalue weighted by atomic mass is 10.0. The molecule has 0 heterocycles. The number of nitrogens with zero attached hydrogens (tertiary/aromatic N) is 1. The lowest BCUT2D eigenvalue weighted by molar-refractivity contribution is -0.135. The van der Waals surface area contributed by atoms with Crippen LogP contribution in [0.2, 0.25) is 0 Å². The highest BCUT2D eigenvalue weighted by molar-refractivity contribution is 6.43. The van der Waals surface area contributed by atoms with E-state index in [4.69, 9.17) is 9.57 Å². The maximum absolute atomic E-state index is 11.9. The molecule has 5 heteroatoms. The Kier molecular flexibility index (Phi) is 6.60. The molecule has 0 atom stereocenters. The Morgan fingerprint density at radius 1 is 1.37 bits per heavy atom. The molecule has 1 aromatic carbocycles. The first kappa shape index (κ1) is 15.2. The van der Waals surface area contributed by atoms with Crippen LogP contribution in [0.3, 0.4) is 0 Å². The molecule has 0 saturated heterocycles. The third-order valence-corrected chi connectivity index (χ3v) is 2.57. The number of likely N-dealkylation sites (N-methyl/N-ethyl adjacent to an activating group) is 1. The third kappa shape index (κ3) is 4.37. The number of esters is 1. The van der Waals surface area contributed by atoms with Gasteiger partial charge in [-0.15, -0.1) is 0 Å². The SMILES string of the molecule is CCOC(=O)C(=NOC)c1ccccc1CCNC. The molecule has 1 N–H and O–H groups in total. The van der Waals surface area contributed by atoms with Gasteiger partial charge in [-0.2, -0.15) is 0 Å². The first-order chi connectivity index (χ1) is 9.24.